The van der Waals surface area contributed by atoms with E-state index in [1.165, 1.54) is 0 Å². The number of fused-ring (bicyclic) bond motifs is 1. The van der Waals surface area contributed by atoms with Crippen molar-refractivity contribution in [1.29, 1.82) is 0 Å². The topological polar surface area (TPSA) is 28.7 Å². The number of H-pyrrole nitrogens is 1. The zero-order valence-corrected chi connectivity index (χ0v) is 11.4. The molecule has 94 valence electrons. The Kier molecular flexibility index (Phi) is 3.28. The van der Waals surface area contributed by atoms with E-state index < -0.39 is 0 Å². The van der Waals surface area contributed by atoms with Crippen LogP contribution >= 0.6 is 23.2 Å². The lowest BCUT2D eigenvalue weighted by Crippen LogP contribution is -1.77. The first-order valence-electron chi connectivity index (χ1n) is 5.80. The molecule has 2 nitrogen and oxygen atoms in total. The van der Waals surface area contributed by atoms with Gasteiger partial charge in [0.15, 0.2) is 0 Å². The molecule has 1 aromatic heterocycles. The number of benzene rings is 2. The van der Waals surface area contributed by atoms with E-state index in [2.05, 4.69) is 9.97 Å². The van der Waals surface area contributed by atoms with Gasteiger partial charge in [-0.25, -0.2) is 4.98 Å². The van der Waals surface area contributed by atoms with Crippen molar-refractivity contribution >= 4 is 46.4 Å². The Labute approximate surface area is 120 Å². The Bertz CT molecular complexity index is 727. The normalized spacial score (nSPS) is 11.5. The summed E-state index contributed by atoms with van der Waals surface area (Å²) in [5, 5.41) is 1.26. The first kappa shape index (κ1) is 12.3. The van der Waals surface area contributed by atoms with Gasteiger partial charge in [0.25, 0.3) is 0 Å². The molecule has 2 aromatic carbocycles. The largest absolute Gasteiger partial charge is 0.338 e. The molecule has 0 aliphatic carbocycles. The van der Waals surface area contributed by atoms with Gasteiger partial charge in [0.05, 0.1) is 11.0 Å². The fourth-order valence-corrected chi connectivity index (χ4v) is 2.33. The van der Waals surface area contributed by atoms with Gasteiger partial charge in [-0.2, -0.15) is 0 Å². The van der Waals surface area contributed by atoms with Crippen molar-refractivity contribution in [2.24, 2.45) is 0 Å². The third-order valence-corrected chi connectivity index (χ3v) is 3.35. The van der Waals surface area contributed by atoms with Gasteiger partial charge in [0.1, 0.15) is 5.82 Å². The Morgan fingerprint density at radius 2 is 1.84 bits per heavy atom. The summed E-state index contributed by atoms with van der Waals surface area (Å²) in [6, 6.07) is 13.3. The zero-order valence-electron chi connectivity index (χ0n) is 9.90. The molecule has 0 fully saturated rings. The van der Waals surface area contributed by atoms with Gasteiger partial charge >= 0.3 is 0 Å². The highest BCUT2D eigenvalue weighted by Crippen LogP contribution is 2.22. The predicted molar refractivity (Wildman–Crippen MR) is 81.5 cm³/mol. The van der Waals surface area contributed by atoms with Gasteiger partial charge in [0.2, 0.25) is 0 Å². The molecule has 19 heavy (non-hydrogen) atoms. The monoisotopic (exact) mass is 288 g/mol. The SMILES string of the molecule is Clc1ccc(C=Cc2nc3ccccc3[nH]2)c(Cl)c1. The number of hydrogen-bond donors (Lipinski definition) is 1. The maximum atomic E-state index is 6.11. The van der Waals surface area contributed by atoms with Gasteiger partial charge in [-0.3, -0.25) is 0 Å². The highest BCUT2D eigenvalue weighted by Gasteiger charge is 2.00. The highest BCUT2D eigenvalue weighted by atomic mass is 35.5. The van der Waals surface area contributed by atoms with Crippen LogP contribution in [-0.4, -0.2) is 9.97 Å². The van der Waals surface area contributed by atoms with Crippen LogP contribution in [0.3, 0.4) is 0 Å². The van der Waals surface area contributed by atoms with E-state index in [0.717, 1.165) is 22.4 Å². The molecule has 0 saturated carbocycles. The van der Waals surface area contributed by atoms with Gasteiger partial charge in [-0.05, 0) is 42.0 Å². The number of halogens is 2. The summed E-state index contributed by atoms with van der Waals surface area (Å²) >= 11 is 12.0. The molecule has 4 heteroatoms. The van der Waals surface area contributed by atoms with Crippen molar-refractivity contribution in [3.05, 3.63) is 63.9 Å². The van der Waals surface area contributed by atoms with Crippen molar-refractivity contribution in [3.8, 4) is 0 Å². The lowest BCUT2D eigenvalue weighted by Gasteiger charge is -1.97. The highest BCUT2D eigenvalue weighted by molar-refractivity contribution is 6.35. The molecule has 0 saturated heterocycles. The molecule has 0 atom stereocenters. The first-order chi connectivity index (χ1) is 9.22. The zero-order chi connectivity index (χ0) is 13.2. The molecule has 0 unspecified atom stereocenters. The van der Waals surface area contributed by atoms with Crippen molar-refractivity contribution < 1.29 is 0 Å². The number of aromatic nitrogens is 2. The lowest BCUT2D eigenvalue weighted by atomic mass is 10.2. The second kappa shape index (κ2) is 5.08. The van der Waals surface area contributed by atoms with Crippen LogP contribution in [0.1, 0.15) is 11.4 Å². The molecule has 0 spiro atoms. The van der Waals surface area contributed by atoms with E-state index in [4.69, 9.17) is 23.2 Å². The summed E-state index contributed by atoms with van der Waals surface area (Å²) in [5.41, 5.74) is 2.88. The van der Waals surface area contributed by atoms with Gasteiger partial charge in [-0.15, -0.1) is 0 Å². The predicted octanol–water partition coefficient (Wildman–Crippen LogP) is 5.04. The molecule has 0 aliphatic heterocycles. The van der Waals surface area contributed by atoms with Crippen LogP contribution < -0.4 is 0 Å². The molecular weight excluding hydrogens is 279 g/mol. The smallest absolute Gasteiger partial charge is 0.131 e. The molecule has 3 rings (SSSR count). The Balaban J connectivity index is 1.93. The standard InChI is InChI=1S/C15H10Cl2N2/c16-11-7-5-10(12(17)9-11)6-8-15-18-13-3-1-2-4-14(13)19-15/h1-9H,(H,18,19). The molecule has 0 radical (unpaired) electrons. The number of nitrogens with one attached hydrogen (secondary N) is 1. The summed E-state index contributed by atoms with van der Waals surface area (Å²) in [6.45, 7) is 0. The second-order valence-electron chi connectivity index (χ2n) is 4.14. The summed E-state index contributed by atoms with van der Waals surface area (Å²) < 4.78 is 0. The molecule has 3 aromatic rings. The number of para-hydroxylation sites is 2. The van der Waals surface area contributed by atoms with E-state index in [9.17, 15) is 0 Å². The van der Waals surface area contributed by atoms with Crippen LogP contribution in [-0.2, 0) is 0 Å². The minimum atomic E-state index is 0.625. The van der Waals surface area contributed by atoms with E-state index in [1.54, 1.807) is 6.07 Å². The Morgan fingerprint density at radius 3 is 2.63 bits per heavy atom. The van der Waals surface area contributed by atoms with Crippen LogP contribution in [0.4, 0.5) is 0 Å². The fraction of sp³-hybridized carbons (Fsp3) is 0. The number of aromatic amines is 1. The average molecular weight is 289 g/mol. The summed E-state index contributed by atoms with van der Waals surface area (Å²) in [7, 11) is 0. The van der Waals surface area contributed by atoms with Gasteiger partial charge in [0, 0.05) is 10.0 Å². The van der Waals surface area contributed by atoms with Crippen LogP contribution in [0.5, 0.6) is 0 Å². The van der Waals surface area contributed by atoms with E-state index >= 15 is 0 Å². The second-order valence-corrected chi connectivity index (χ2v) is 4.98. The minimum Gasteiger partial charge on any atom is -0.338 e. The Hall–Kier alpha value is -1.77. The summed E-state index contributed by atoms with van der Waals surface area (Å²) in [6.07, 6.45) is 3.81. The van der Waals surface area contributed by atoms with Gasteiger partial charge < -0.3 is 4.98 Å². The summed E-state index contributed by atoms with van der Waals surface area (Å²) in [4.78, 5) is 7.69. The maximum Gasteiger partial charge on any atom is 0.131 e. The minimum absolute atomic E-state index is 0.625. The van der Waals surface area contributed by atoms with Gasteiger partial charge in [-0.1, -0.05) is 41.4 Å². The van der Waals surface area contributed by atoms with Crippen molar-refractivity contribution in [1.82, 2.24) is 9.97 Å². The van der Waals surface area contributed by atoms with Crippen LogP contribution in [0.15, 0.2) is 42.5 Å². The van der Waals surface area contributed by atoms with Crippen molar-refractivity contribution in [2.75, 3.05) is 0 Å². The third-order valence-electron chi connectivity index (χ3n) is 2.79. The Morgan fingerprint density at radius 1 is 1.00 bits per heavy atom. The molecule has 1 heterocycles. The van der Waals surface area contributed by atoms with E-state index in [0.29, 0.717) is 10.0 Å². The maximum absolute atomic E-state index is 6.11. The first-order valence-corrected chi connectivity index (χ1v) is 6.56. The van der Waals surface area contributed by atoms with Crippen molar-refractivity contribution in [2.45, 2.75) is 0 Å². The van der Waals surface area contributed by atoms with Crippen LogP contribution in [0.25, 0.3) is 23.2 Å². The number of nitrogens with zero attached hydrogens (tertiary/aromatic N) is 1. The number of hydrogen-bond acceptors (Lipinski definition) is 1. The third kappa shape index (κ3) is 2.65. The number of rotatable bonds is 2. The van der Waals surface area contributed by atoms with Crippen LogP contribution in [0.2, 0.25) is 10.0 Å². The molecule has 0 aliphatic rings. The molecule has 0 amide bonds. The van der Waals surface area contributed by atoms with Crippen LogP contribution in [0, 0.1) is 0 Å². The number of imidazole rings is 1. The fourth-order valence-electron chi connectivity index (χ4n) is 1.86. The molecular formula is C15H10Cl2N2. The van der Waals surface area contributed by atoms with E-state index in [-0.39, 0.29) is 0 Å². The molecule has 0 bridgehead atoms. The average Bonchev–Trinajstić information content (AvgIpc) is 2.80. The summed E-state index contributed by atoms with van der Waals surface area (Å²) in [5.74, 6) is 0.798. The van der Waals surface area contributed by atoms with Crippen molar-refractivity contribution in [3.63, 3.8) is 0 Å². The van der Waals surface area contributed by atoms with E-state index in [1.807, 2.05) is 48.6 Å². The lowest BCUT2D eigenvalue weighted by molar-refractivity contribution is 1.29. The molecule has 1 N–H and O–H groups in total. The quantitative estimate of drug-likeness (QED) is 0.703.